The third-order valence-corrected chi connectivity index (χ3v) is 4.11. The predicted molar refractivity (Wildman–Crippen MR) is 107 cm³/mol. The van der Waals surface area contributed by atoms with Gasteiger partial charge >= 0.3 is 0 Å². The van der Waals surface area contributed by atoms with Gasteiger partial charge in [-0.1, -0.05) is 0 Å². The maximum atomic E-state index is 12.4. The second-order valence-electron chi connectivity index (χ2n) is 6.34. The molecule has 0 atom stereocenters. The molecular formula is C19H29N3O5. The zero-order valence-electron chi connectivity index (χ0n) is 16.0. The maximum absolute atomic E-state index is 12.4. The lowest BCUT2D eigenvalue weighted by atomic mass is 10.1. The fourth-order valence-electron chi connectivity index (χ4n) is 2.67. The van der Waals surface area contributed by atoms with E-state index in [0.717, 1.165) is 16.9 Å². The number of hydrogen-bond donors (Lipinski definition) is 4. The van der Waals surface area contributed by atoms with E-state index in [0.29, 0.717) is 50.3 Å². The Balaban J connectivity index is 1.98. The smallest absolute Gasteiger partial charge is 0.194 e. The number of anilines is 2. The first-order valence-electron chi connectivity index (χ1n) is 9.05. The number of aromatic nitrogens is 1. The molecule has 0 radical (unpaired) electrons. The molecule has 1 aromatic heterocycles. The predicted octanol–water partition coefficient (Wildman–Crippen LogP) is 0.914. The van der Waals surface area contributed by atoms with E-state index >= 15 is 0 Å². The maximum Gasteiger partial charge on any atom is 0.194 e. The number of aliphatic hydroxyl groups is 2. The van der Waals surface area contributed by atoms with E-state index in [9.17, 15) is 9.90 Å². The quantitative estimate of drug-likeness (QED) is 0.406. The Bertz CT molecular complexity index is 776. The Morgan fingerprint density at radius 3 is 2.52 bits per heavy atom. The highest BCUT2D eigenvalue weighted by Gasteiger charge is 2.11. The number of aliphatic hydroxyl groups excluding tert-OH is 2. The molecule has 0 saturated heterocycles. The van der Waals surface area contributed by atoms with Crippen molar-refractivity contribution in [2.24, 2.45) is 0 Å². The third-order valence-electron chi connectivity index (χ3n) is 4.11. The first-order chi connectivity index (χ1) is 13.1. The van der Waals surface area contributed by atoms with Crippen LogP contribution in [0.25, 0.3) is 10.9 Å². The lowest BCUT2D eigenvalue weighted by molar-refractivity contribution is 0.0461. The van der Waals surface area contributed by atoms with Gasteiger partial charge in [0.05, 0.1) is 43.3 Å². The summed E-state index contributed by atoms with van der Waals surface area (Å²) < 4.78 is 10.8. The van der Waals surface area contributed by atoms with Crippen molar-refractivity contribution in [3.8, 4) is 0 Å². The van der Waals surface area contributed by atoms with Crippen molar-refractivity contribution in [1.82, 2.24) is 4.98 Å². The molecule has 27 heavy (non-hydrogen) atoms. The minimum atomic E-state index is -0.294. The number of rotatable bonds is 12. The molecule has 2 aromatic rings. The molecule has 0 unspecified atom stereocenters. The van der Waals surface area contributed by atoms with Crippen molar-refractivity contribution in [2.75, 3.05) is 63.9 Å². The van der Waals surface area contributed by atoms with Crippen LogP contribution < -0.4 is 15.6 Å². The molecule has 0 aliphatic rings. The van der Waals surface area contributed by atoms with E-state index in [4.69, 9.17) is 14.6 Å². The molecule has 150 valence electrons. The van der Waals surface area contributed by atoms with Crippen molar-refractivity contribution < 1.29 is 19.7 Å². The van der Waals surface area contributed by atoms with Crippen LogP contribution in [0.5, 0.6) is 0 Å². The Kier molecular flexibility index (Phi) is 8.53. The van der Waals surface area contributed by atoms with Gasteiger partial charge in [0.2, 0.25) is 0 Å². The summed E-state index contributed by atoms with van der Waals surface area (Å²) in [7, 11) is 3.87. The Hall–Kier alpha value is -2.13. The van der Waals surface area contributed by atoms with Crippen LogP contribution in [-0.4, -0.2) is 68.9 Å². The SMILES string of the molecule is CN(C)c1cc2[nH]cc(CO)c(=O)c2cc1NCCOCCOCCCO. The van der Waals surface area contributed by atoms with Crippen LogP contribution in [-0.2, 0) is 16.1 Å². The Morgan fingerprint density at radius 2 is 1.85 bits per heavy atom. The average molecular weight is 379 g/mol. The van der Waals surface area contributed by atoms with Crippen molar-refractivity contribution >= 4 is 22.3 Å². The number of ether oxygens (including phenoxy) is 2. The van der Waals surface area contributed by atoms with Crippen LogP contribution in [0.2, 0.25) is 0 Å². The summed E-state index contributed by atoms with van der Waals surface area (Å²) in [5.74, 6) is 0. The number of H-pyrrole nitrogens is 1. The third kappa shape index (κ3) is 5.93. The molecule has 0 spiro atoms. The molecule has 4 N–H and O–H groups in total. The molecule has 0 fully saturated rings. The van der Waals surface area contributed by atoms with Crippen LogP contribution in [0, 0.1) is 0 Å². The summed E-state index contributed by atoms with van der Waals surface area (Å²) >= 11 is 0. The van der Waals surface area contributed by atoms with E-state index in [2.05, 4.69) is 10.3 Å². The van der Waals surface area contributed by atoms with Gasteiger partial charge in [-0.25, -0.2) is 0 Å². The highest BCUT2D eigenvalue weighted by Crippen LogP contribution is 2.28. The first kappa shape index (κ1) is 21.2. The largest absolute Gasteiger partial charge is 0.396 e. The summed E-state index contributed by atoms with van der Waals surface area (Å²) in [4.78, 5) is 17.5. The number of nitrogens with one attached hydrogen (secondary N) is 2. The molecule has 8 heteroatoms. The second-order valence-corrected chi connectivity index (χ2v) is 6.34. The average Bonchev–Trinajstić information content (AvgIpc) is 2.66. The summed E-state index contributed by atoms with van der Waals surface area (Å²) in [6, 6.07) is 3.72. The fourth-order valence-corrected chi connectivity index (χ4v) is 2.67. The lowest BCUT2D eigenvalue weighted by Gasteiger charge is -2.20. The lowest BCUT2D eigenvalue weighted by Crippen LogP contribution is -2.17. The van der Waals surface area contributed by atoms with Gasteiger partial charge in [0.15, 0.2) is 5.43 Å². The van der Waals surface area contributed by atoms with Crippen molar-refractivity contribution in [3.05, 3.63) is 34.1 Å². The number of pyridine rings is 1. The standard InChI is InChI=1S/C19H29N3O5/c1-22(2)18-11-16-15(19(25)14(13-24)12-21-16)10-17(18)20-4-7-27-9-8-26-6-3-5-23/h10-12,20,23-24H,3-9,13H2,1-2H3,(H,21,25). The number of aromatic amines is 1. The van der Waals surface area contributed by atoms with Crippen molar-refractivity contribution in [3.63, 3.8) is 0 Å². The Labute approximate surface area is 158 Å². The van der Waals surface area contributed by atoms with Crippen LogP contribution in [0.3, 0.4) is 0 Å². The number of benzene rings is 1. The van der Waals surface area contributed by atoms with E-state index < -0.39 is 0 Å². The van der Waals surface area contributed by atoms with Gasteiger partial charge in [-0.15, -0.1) is 0 Å². The fraction of sp³-hybridized carbons (Fsp3) is 0.526. The summed E-state index contributed by atoms with van der Waals surface area (Å²) in [5, 5.41) is 21.8. The number of nitrogens with zero attached hydrogens (tertiary/aromatic N) is 1. The van der Waals surface area contributed by atoms with E-state index in [1.54, 1.807) is 12.3 Å². The Morgan fingerprint density at radius 1 is 1.11 bits per heavy atom. The number of hydrogen-bond acceptors (Lipinski definition) is 7. The minimum Gasteiger partial charge on any atom is -0.396 e. The molecule has 2 rings (SSSR count). The van der Waals surface area contributed by atoms with Crippen LogP contribution >= 0.6 is 0 Å². The minimum absolute atomic E-state index is 0.132. The van der Waals surface area contributed by atoms with Crippen LogP contribution in [0.1, 0.15) is 12.0 Å². The molecule has 1 aromatic carbocycles. The molecule has 0 aliphatic heterocycles. The molecule has 0 saturated carbocycles. The van der Waals surface area contributed by atoms with Gasteiger partial charge in [0.25, 0.3) is 0 Å². The second kappa shape index (κ2) is 10.9. The highest BCUT2D eigenvalue weighted by atomic mass is 16.5. The number of fused-ring (bicyclic) bond motifs is 1. The van der Waals surface area contributed by atoms with Gasteiger partial charge in [0, 0.05) is 51.0 Å². The first-order valence-corrected chi connectivity index (χ1v) is 9.05. The van der Waals surface area contributed by atoms with Gasteiger partial charge in [0.1, 0.15) is 0 Å². The summed E-state index contributed by atoms with van der Waals surface area (Å²) in [6.07, 6.45) is 2.18. The molecule has 0 amide bonds. The normalized spacial score (nSPS) is 11.1. The summed E-state index contributed by atoms with van der Waals surface area (Å²) in [6.45, 7) is 2.45. The van der Waals surface area contributed by atoms with Gasteiger partial charge in [-0.2, -0.15) is 0 Å². The zero-order valence-corrected chi connectivity index (χ0v) is 16.0. The van der Waals surface area contributed by atoms with E-state index in [-0.39, 0.29) is 18.6 Å². The molecule has 0 aliphatic carbocycles. The molecular weight excluding hydrogens is 350 g/mol. The molecule has 0 bridgehead atoms. The molecule has 1 heterocycles. The highest BCUT2D eigenvalue weighted by molar-refractivity contribution is 5.90. The van der Waals surface area contributed by atoms with Gasteiger partial charge < -0.3 is 34.9 Å². The topological polar surface area (TPSA) is 107 Å². The van der Waals surface area contributed by atoms with E-state index in [1.165, 1.54) is 0 Å². The van der Waals surface area contributed by atoms with Crippen LogP contribution in [0.4, 0.5) is 11.4 Å². The van der Waals surface area contributed by atoms with Crippen LogP contribution in [0.15, 0.2) is 23.1 Å². The summed E-state index contributed by atoms with van der Waals surface area (Å²) in [5.41, 5.74) is 2.67. The monoisotopic (exact) mass is 379 g/mol. The van der Waals surface area contributed by atoms with Crippen molar-refractivity contribution in [2.45, 2.75) is 13.0 Å². The zero-order chi connectivity index (χ0) is 19.6. The molecule has 8 nitrogen and oxygen atoms in total. The van der Waals surface area contributed by atoms with Crippen molar-refractivity contribution in [1.29, 1.82) is 0 Å². The van der Waals surface area contributed by atoms with E-state index in [1.807, 2.05) is 25.1 Å². The van der Waals surface area contributed by atoms with Gasteiger partial charge in [-0.05, 0) is 18.6 Å². The van der Waals surface area contributed by atoms with Gasteiger partial charge in [-0.3, -0.25) is 4.79 Å².